The molecule has 0 spiro atoms. The lowest BCUT2D eigenvalue weighted by atomic mass is 9.90. The second-order valence-electron chi connectivity index (χ2n) is 5.20. The molecule has 0 bridgehead atoms. The van der Waals surface area contributed by atoms with Crippen LogP contribution in [0, 0.1) is 5.92 Å². The van der Waals surface area contributed by atoms with E-state index >= 15 is 0 Å². The van der Waals surface area contributed by atoms with Crippen LogP contribution in [0.15, 0.2) is 0 Å². The lowest BCUT2D eigenvalue weighted by molar-refractivity contribution is 0.148. The van der Waals surface area contributed by atoms with E-state index in [1.165, 1.54) is 63.1 Å². The molecule has 0 aromatic heterocycles. The average Bonchev–Trinajstić information content (AvgIpc) is 2.61. The number of thioether (sulfide) groups is 1. The van der Waals surface area contributed by atoms with Crippen LogP contribution in [0.3, 0.4) is 0 Å². The van der Waals surface area contributed by atoms with Gasteiger partial charge in [-0.2, -0.15) is 11.8 Å². The summed E-state index contributed by atoms with van der Waals surface area (Å²) < 4.78 is 0. The first kappa shape index (κ1) is 12.7. The largest absolute Gasteiger partial charge is 0.329 e. The van der Waals surface area contributed by atoms with Gasteiger partial charge in [-0.25, -0.2) is 0 Å². The summed E-state index contributed by atoms with van der Waals surface area (Å²) in [6.07, 6.45) is 8.61. The second kappa shape index (κ2) is 6.87. The second-order valence-corrected chi connectivity index (χ2v) is 6.43. The number of rotatable bonds is 3. The summed E-state index contributed by atoms with van der Waals surface area (Å²) >= 11 is 2.09. The van der Waals surface area contributed by atoms with E-state index in [-0.39, 0.29) is 0 Å². The van der Waals surface area contributed by atoms with Crippen molar-refractivity contribution in [1.29, 1.82) is 0 Å². The van der Waals surface area contributed by atoms with Gasteiger partial charge in [0, 0.05) is 37.2 Å². The van der Waals surface area contributed by atoms with Gasteiger partial charge in [-0.15, -0.1) is 0 Å². The van der Waals surface area contributed by atoms with E-state index in [4.69, 9.17) is 5.73 Å². The van der Waals surface area contributed by atoms with Gasteiger partial charge in [-0.05, 0) is 18.8 Å². The number of nitrogens with two attached hydrogens (primary N) is 1. The predicted octanol–water partition coefficient (Wildman–Crippen LogP) is 2.33. The lowest BCUT2D eigenvalue weighted by Gasteiger charge is -2.38. The SMILES string of the molecule is NCC(C1CCCCCC1)N1CCSCC1. The molecule has 94 valence electrons. The maximum atomic E-state index is 6.04. The fourth-order valence-electron chi connectivity index (χ4n) is 3.24. The number of hydrogen-bond donors (Lipinski definition) is 1. The van der Waals surface area contributed by atoms with Gasteiger partial charge >= 0.3 is 0 Å². The Balaban J connectivity index is 1.90. The molecule has 1 aliphatic heterocycles. The fourth-order valence-corrected chi connectivity index (χ4v) is 4.18. The van der Waals surface area contributed by atoms with Gasteiger partial charge in [0.05, 0.1) is 0 Å². The third-order valence-corrected chi connectivity index (χ3v) is 5.14. The van der Waals surface area contributed by atoms with Gasteiger partial charge < -0.3 is 5.73 Å². The van der Waals surface area contributed by atoms with E-state index in [0.29, 0.717) is 6.04 Å². The molecule has 1 heterocycles. The van der Waals surface area contributed by atoms with Crippen LogP contribution in [0.2, 0.25) is 0 Å². The molecule has 3 heteroatoms. The summed E-state index contributed by atoms with van der Waals surface area (Å²) in [4.78, 5) is 2.67. The average molecular weight is 242 g/mol. The van der Waals surface area contributed by atoms with Gasteiger partial charge in [-0.3, -0.25) is 4.90 Å². The maximum absolute atomic E-state index is 6.04. The highest BCUT2D eigenvalue weighted by Gasteiger charge is 2.27. The Morgan fingerprint density at radius 2 is 1.69 bits per heavy atom. The standard InChI is InChI=1S/C13H26N2S/c14-11-13(15-7-9-16-10-8-15)12-5-3-1-2-4-6-12/h12-13H,1-11,14H2. The van der Waals surface area contributed by atoms with E-state index < -0.39 is 0 Å². The van der Waals surface area contributed by atoms with E-state index in [9.17, 15) is 0 Å². The summed E-state index contributed by atoms with van der Waals surface area (Å²) in [5.74, 6) is 3.50. The monoisotopic (exact) mass is 242 g/mol. The highest BCUT2D eigenvalue weighted by molar-refractivity contribution is 7.99. The van der Waals surface area contributed by atoms with Gasteiger partial charge in [0.2, 0.25) is 0 Å². The Labute approximate surface area is 104 Å². The van der Waals surface area contributed by atoms with Crippen molar-refractivity contribution in [2.45, 2.75) is 44.6 Å². The molecule has 1 atom stereocenters. The minimum Gasteiger partial charge on any atom is -0.329 e. The summed E-state index contributed by atoms with van der Waals surface area (Å²) in [5, 5.41) is 0. The number of hydrogen-bond acceptors (Lipinski definition) is 3. The molecule has 2 N–H and O–H groups in total. The zero-order chi connectivity index (χ0) is 11.2. The number of nitrogens with zero attached hydrogens (tertiary/aromatic N) is 1. The van der Waals surface area contributed by atoms with Crippen molar-refractivity contribution >= 4 is 11.8 Å². The lowest BCUT2D eigenvalue weighted by Crippen LogP contribution is -2.49. The Hall–Kier alpha value is 0.270. The van der Waals surface area contributed by atoms with Crippen molar-refractivity contribution in [2.24, 2.45) is 11.7 Å². The van der Waals surface area contributed by atoms with Crippen LogP contribution in [0.5, 0.6) is 0 Å². The molecule has 0 aromatic rings. The molecule has 2 fully saturated rings. The molecule has 0 aromatic carbocycles. The van der Waals surface area contributed by atoms with Crippen molar-refractivity contribution in [2.75, 3.05) is 31.1 Å². The maximum Gasteiger partial charge on any atom is 0.0247 e. The third-order valence-electron chi connectivity index (χ3n) is 4.20. The van der Waals surface area contributed by atoms with Gasteiger partial charge in [-0.1, -0.05) is 25.7 Å². The molecule has 2 nitrogen and oxygen atoms in total. The highest BCUT2D eigenvalue weighted by Crippen LogP contribution is 2.28. The quantitative estimate of drug-likeness (QED) is 0.770. The van der Waals surface area contributed by atoms with Crippen LogP contribution < -0.4 is 5.73 Å². The molecular formula is C13H26N2S. The summed E-state index contributed by atoms with van der Waals surface area (Å²) in [6.45, 7) is 3.40. The Bertz CT molecular complexity index is 184. The van der Waals surface area contributed by atoms with Crippen molar-refractivity contribution in [1.82, 2.24) is 4.90 Å². The first-order valence-electron chi connectivity index (χ1n) is 6.93. The van der Waals surface area contributed by atoms with E-state index in [2.05, 4.69) is 16.7 Å². The minimum absolute atomic E-state index is 0.680. The van der Waals surface area contributed by atoms with Gasteiger partial charge in [0.25, 0.3) is 0 Å². The molecular weight excluding hydrogens is 216 g/mol. The zero-order valence-corrected chi connectivity index (χ0v) is 11.2. The highest BCUT2D eigenvalue weighted by atomic mass is 32.2. The van der Waals surface area contributed by atoms with Crippen LogP contribution in [0.1, 0.15) is 38.5 Å². The minimum atomic E-state index is 0.680. The Kier molecular flexibility index (Phi) is 5.46. The molecule has 1 saturated heterocycles. The summed E-state index contributed by atoms with van der Waals surface area (Å²) in [6, 6.07) is 0.680. The summed E-state index contributed by atoms with van der Waals surface area (Å²) in [7, 11) is 0. The molecule has 16 heavy (non-hydrogen) atoms. The topological polar surface area (TPSA) is 29.3 Å². The van der Waals surface area contributed by atoms with Crippen LogP contribution >= 0.6 is 11.8 Å². The normalized spacial score (nSPS) is 27.6. The molecule has 2 rings (SSSR count). The van der Waals surface area contributed by atoms with Crippen LogP contribution in [-0.4, -0.2) is 42.1 Å². The molecule has 0 amide bonds. The summed E-state index contributed by atoms with van der Waals surface area (Å²) in [5.41, 5.74) is 6.04. The predicted molar refractivity (Wildman–Crippen MR) is 72.9 cm³/mol. The van der Waals surface area contributed by atoms with E-state index in [1.54, 1.807) is 0 Å². The van der Waals surface area contributed by atoms with Crippen LogP contribution in [0.4, 0.5) is 0 Å². The van der Waals surface area contributed by atoms with Crippen LogP contribution in [0.25, 0.3) is 0 Å². The fraction of sp³-hybridized carbons (Fsp3) is 1.00. The van der Waals surface area contributed by atoms with Crippen molar-refractivity contribution in [3.63, 3.8) is 0 Å². The van der Waals surface area contributed by atoms with Gasteiger partial charge in [0.1, 0.15) is 0 Å². The first-order valence-corrected chi connectivity index (χ1v) is 8.09. The molecule has 0 radical (unpaired) electrons. The third kappa shape index (κ3) is 3.38. The zero-order valence-electron chi connectivity index (χ0n) is 10.4. The van der Waals surface area contributed by atoms with Crippen molar-refractivity contribution in [3.8, 4) is 0 Å². The first-order chi connectivity index (χ1) is 7.92. The molecule has 1 aliphatic carbocycles. The van der Waals surface area contributed by atoms with Crippen molar-refractivity contribution < 1.29 is 0 Å². The van der Waals surface area contributed by atoms with Crippen LogP contribution in [-0.2, 0) is 0 Å². The smallest absolute Gasteiger partial charge is 0.0247 e. The van der Waals surface area contributed by atoms with E-state index in [1.807, 2.05) is 0 Å². The van der Waals surface area contributed by atoms with Crippen molar-refractivity contribution in [3.05, 3.63) is 0 Å². The Morgan fingerprint density at radius 1 is 1.06 bits per heavy atom. The molecule has 1 unspecified atom stereocenters. The Morgan fingerprint density at radius 3 is 2.25 bits per heavy atom. The molecule has 1 saturated carbocycles. The van der Waals surface area contributed by atoms with E-state index in [0.717, 1.165) is 12.5 Å². The molecule has 2 aliphatic rings. The van der Waals surface area contributed by atoms with Gasteiger partial charge in [0.15, 0.2) is 0 Å².